The Kier molecular flexibility index (Phi) is 5.10. The molecule has 0 radical (unpaired) electrons. The van der Waals surface area contributed by atoms with Crippen molar-refractivity contribution < 1.29 is 18.3 Å². The van der Waals surface area contributed by atoms with Gasteiger partial charge in [-0.25, -0.2) is 8.78 Å². The van der Waals surface area contributed by atoms with Gasteiger partial charge in [0.05, 0.1) is 6.10 Å². The number of hydrogen-bond donors (Lipinski definition) is 0. The van der Waals surface area contributed by atoms with Gasteiger partial charge in [0.15, 0.2) is 0 Å². The molecule has 0 saturated carbocycles. The standard InChI is InChI=1S/C14H16BrF2NO2/c1-20-10-4-6-18(7-5-10)14(19)9-2-3-12(15)11(8-9)13(16)17/h2-3,8,10,13H,4-7H2,1H3. The maximum atomic E-state index is 12.8. The van der Waals surface area contributed by atoms with Gasteiger partial charge in [0.25, 0.3) is 12.3 Å². The Labute approximate surface area is 125 Å². The van der Waals surface area contributed by atoms with Gasteiger partial charge in [0.1, 0.15) is 0 Å². The number of benzene rings is 1. The van der Waals surface area contributed by atoms with Gasteiger partial charge in [-0.1, -0.05) is 15.9 Å². The van der Waals surface area contributed by atoms with Crippen LogP contribution in [0.2, 0.25) is 0 Å². The molecule has 1 aromatic carbocycles. The molecule has 6 heteroatoms. The molecule has 1 aliphatic heterocycles. The van der Waals surface area contributed by atoms with Crippen molar-refractivity contribution >= 4 is 21.8 Å². The number of halogens is 3. The van der Waals surface area contributed by atoms with Gasteiger partial charge in [-0.15, -0.1) is 0 Å². The number of hydrogen-bond acceptors (Lipinski definition) is 2. The molecule has 1 saturated heterocycles. The minimum Gasteiger partial charge on any atom is -0.381 e. The van der Waals surface area contributed by atoms with Gasteiger partial charge >= 0.3 is 0 Å². The van der Waals surface area contributed by atoms with Gasteiger partial charge < -0.3 is 9.64 Å². The van der Waals surface area contributed by atoms with Crippen LogP contribution in [0.5, 0.6) is 0 Å². The fraction of sp³-hybridized carbons (Fsp3) is 0.500. The average Bonchev–Trinajstić information content (AvgIpc) is 2.47. The summed E-state index contributed by atoms with van der Waals surface area (Å²) in [6.45, 7) is 1.19. The molecule has 0 bridgehead atoms. The summed E-state index contributed by atoms with van der Waals surface area (Å²) in [6, 6.07) is 4.33. The molecule has 1 fully saturated rings. The smallest absolute Gasteiger partial charge is 0.264 e. The van der Waals surface area contributed by atoms with Crippen LogP contribution < -0.4 is 0 Å². The molecular weight excluding hydrogens is 332 g/mol. The zero-order valence-corrected chi connectivity index (χ0v) is 12.7. The largest absolute Gasteiger partial charge is 0.381 e. The van der Waals surface area contributed by atoms with E-state index in [0.29, 0.717) is 23.1 Å². The van der Waals surface area contributed by atoms with E-state index >= 15 is 0 Å². The van der Waals surface area contributed by atoms with Crippen molar-refractivity contribution in [2.45, 2.75) is 25.4 Å². The molecule has 0 aromatic heterocycles. The first kappa shape index (κ1) is 15.4. The Bertz CT molecular complexity index is 488. The van der Waals surface area contributed by atoms with Crippen molar-refractivity contribution in [2.24, 2.45) is 0 Å². The van der Waals surface area contributed by atoms with Crippen molar-refractivity contribution in [1.29, 1.82) is 0 Å². The summed E-state index contributed by atoms with van der Waals surface area (Å²) in [5, 5.41) is 0. The number of nitrogens with zero attached hydrogens (tertiary/aromatic N) is 1. The average molecular weight is 348 g/mol. The van der Waals surface area contributed by atoms with Crippen molar-refractivity contribution in [2.75, 3.05) is 20.2 Å². The molecule has 0 atom stereocenters. The highest BCUT2D eigenvalue weighted by Crippen LogP contribution is 2.29. The molecule has 110 valence electrons. The second kappa shape index (κ2) is 6.63. The van der Waals surface area contributed by atoms with Crippen LogP contribution in [-0.4, -0.2) is 37.1 Å². The molecule has 0 aliphatic carbocycles. The number of methoxy groups -OCH3 is 1. The highest BCUT2D eigenvalue weighted by molar-refractivity contribution is 9.10. The second-order valence-electron chi connectivity index (χ2n) is 4.76. The predicted molar refractivity (Wildman–Crippen MR) is 75.0 cm³/mol. The van der Waals surface area contributed by atoms with Crippen LogP contribution in [0.1, 0.15) is 35.2 Å². The number of amides is 1. The number of alkyl halides is 2. The Hall–Kier alpha value is -1.01. The van der Waals surface area contributed by atoms with Gasteiger partial charge in [0.2, 0.25) is 0 Å². The number of likely N-dealkylation sites (tertiary alicyclic amines) is 1. The van der Waals surface area contributed by atoms with Gasteiger partial charge in [0, 0.05) is 35.8 Å². The summed E-state index contributed by atoms with van der Waals surface area (Å²) in [4.78, 5) is 14.0. The number of rotatable bonds is 3. The summed E-state index contributed by atoms with van der Waals surface area (Å²) in [5.41, 5.74) is 0.155. The summed E-state index contributed by atoms with van der Waals surface area (Å²) in [5.74, 6) is -0.200. The van der Waals surface area contributed by atoms with Gasteiger partial charge in [-0.3, -0.25) is 4.79 Å². The molecular formula is C14H16BrF2NO2. The monoisotopic (exact) mass is 347 g/mol. The van der Waals surface area contributed by atoms with Crippen molar-refractivity contribution in [3.8, 4) is 0 Å². The van der Waals surface area contributed by atoms with E-state index in [-0.39, 0.29) is 17.6 Å². The number of ether oxygens (including phenoxy) is 1. The highest BCUT2D eigenvalue weighted by atomic mass is 79.9. The predicted octanol–water partition coefficient (Wildman–Crippen LogP) is 3.64. The lowest BCUT2D eigenvalue weighted by Crippen LogP contribution is -2.40. The number of piperidine rings is 1. The first-order valence-electron chi connectivity index (χ1n) is 6.42. The SMILES string of the molecule is COC1CCN(C(=O)c2ccc(Br)c(C(F)F)c2)CC1. The van der Waals surface area contributed by atoms with Crippen LogP contribution >= 0.6 is 15.9 Å². The minimum absolute atomic E-state index is 0.150. The van der Waals surface area contributed by atoms with Gasteiger partial charge in [-0.05, 0) is 31.0 Å². The van der Waals surface area contributed by atoms with Gasteiger partial charge in [-0.2, -0.15) is 0 Å². The van der Waals surface area contributed by atoms with Crippen LogP contribution in [-0.2, 0) is 4.74 Å². The van der Waals surface area contributed by atoms with Crippen LogP contribution in [0.25, 0.3) is 0 Å². The topological polar surface area (TPSA) is 29.5 Å². The van der Waals surface area contributed by atoms with E-state index in [4.69, 9.17) is 4.74 Å². The molecule has 1 amide bonds. The third-order valence-corrected chi connectivity index (χ3v) is 4.26. The van der Waals surface area contributed by atoms with E-state index in [2.05, 4.69) is 15.9 Å². The van der Waals surface area contributed by atoms with Crippen molar-refractivity contribution in [3.63, 3.8) is 0 Å². The molecule has 3 nitrogen and oxygen atoms in total. The summed E-state index contributed by atoms with van der Waals surface area (Å²) in [6.07, 6.45) is -0.863. The Morgan fingerprint density at radius 2 is 2.05 bits per heavy atom. The summed E-state index contributed by atoms with van der Waals surface area (Å²) >= 11 is 3.07. The molecule has 2 rings (SSSR count). The first-order valence-corrected chi connectivity index (χ1v) is 7.22. The quantitative estimate of drug-likeness (QED) is 0.835. The fourth-order valence-electron chi connectivity index (χ4n) is 2.32. The van der Waals surface area contributed by atoms with Crippen LogP contribution in [0.15, 0.2) is 22.7 Å². The Balaban J connectivity index is 2.12. The molecule has 1 aliphatic rings. The first-order chi connectivity index (χ1) is 9.52. The fourth-order valence-corrected chi connectivity index (χ4v) is 2.74. The van der Waals surface area contributed by atoms with Crippen molar-refractivity contribution in [3.05, 3.63) is 33.8 Å². The third kappa shape index (κ3) is 3.35. The van der Waals surface area contributed by atoms with E-state index in [1.165, 1.54) is 12.1 Å². The van der Waals surface area contributed by atoms with E-state index in [9.17, 15) is 13.6 Å². The normalized spacial score (nSPS) is 16.8. The Morgan fingerprint density at radius 3 is 2.60 bits per heavy atom. The third-order valence-electron chi connectivity index (χ3n) is 3.54. The van der Waals surface area contributed by atoms with E-state index < -0.39 is 6.43 Å². The molecule has 1 aromatic rings. The molecule has 1 heterocycles. The molecule has 20 heavy (non-hydrogen) atoms. The summed E-state index contributed by atoms with van der Waals surface area (Å²) < 4.78 is 31.2. The van der Waals surface area contributed by atoms with E-state index in [1.54, 1.807) is 18.1 Å². The second-order valence-corrected chi connectivity index (χ2v) is 5.62. The van der Waals surface area contributed by atoms with Crippen molar-refractivity contribution in [1.82, 2.24) is 4.90 Å². The lowest BCUT2D eigenvalue weighted by molar-refractivity contribution is 0.0350. The lowest BCUT2D eigenvalue weighted by atomic mass is 10.1. The molecule has 0 unspecified atom stereocenters. The summed E-state index contributed by atoms with van der Waals surface area (Å²) in [7, 11) is 1.66. The molecule has 0 spiro atoms. The van der Waals surface area contributed by atoms with E-state index in [1.807, 2.05) is 0 Å². The van der Waals surface area contributed by atoms with Crippen LogP contribution in [0.4, 0.5) is 8.78 Å². The highest BCUT2D eigenvalue weighted by Gasteiger charge is 2.24. The number of carbonyl (C=O) groups excluding carboxylic acids is 1. The molecule has 0 N–H and O–H groups in total. The zero-order chi connectivity index (χ0) is 14.7. The van der Waals surface area contributed by atoms with E-state index in [0.717, 1.165) is 12.8 Å². The maximum absolute atomic E-state index is 12.8. The zero-order valence-electron chi connectivity index (χ0n) is 11.1. The lowest BCUT2D eigenvalue weighted by Gasteiger charge is -2.31. The van der Waals surface area contributed by atoms with Crippen LogP contribution in [0, 0.1) is 0 Å². The minimum atomic E-state index is -2.60. The maximum Gasteiger partial charge on any atom is 0.264 e. The Morgan fingerprint density at radius 1 is 1.40 bits per heavy atom. The van der Waals surface area contributed by atoms with Crippen LogP contribution in [0.3, 0.4) is 0 Å². The number of carbonyl (C=O) groups is 1.